The highest BCUT2D eigenvalue weighted by Crippen LogP contribution is 2.23. The minimum absolute atomic E-state index is 0.170. The summed E-state index contributed by atoms with van der Waals surface area (Å²) in [6.07, 6.45) is 1.20. The molecule has 0 aromatic heterocycles. The van der Waals surface area contributed by atoms with Crippen molar-refractivity contribution in [2.75, 3.05) is 13.7 Å². The molecule has 20 heavy (non-hydrogen) atoms. The number of ketones is 1. The molecule has 2 unspecified atom stereocenters. The van der Waals surface area contributed by atoms with Crippen LogP contribution in [-0.2, 0) is 19.1 Å². The third-order valence-electron chi connectivity index (χ3n) is 3.42. The maximum absolute atomic E-state index is 12.0. The van der Waals surface area contributed by atoms with Crippen LogP contribution in [0.2, 0.25) is 0 Å². The van der Waals surface area contributed by atoms with Gasteiger partial charge in [0.15, 0.2) is 0 Å². The zero-order chi connectivity index (χ0) is 15.3. The zero-order valence-electron chi connectivity index (χ0n) is 12.5. The molecule has 1 saturated heterocycles. The Morgan fingerprint density at radius 1 is 1.25 bits per heavy atom. The monoisotopic (exact) mass is 285 g/mol. The van der Waals surface area contributed by atoms with Crippen molar-refractivity contribution in [3.63, 3.8) is 0 Å². The van der Waals surface area contributed by atoms with Crippen molar-refractivity contribution >= 4 is 17.8 Å². The summed E-state index contributed by atoms with van der Waals surface area (Å²) >= 11 is 0. The molecule has 1 heterocycles. The summed E-state index contributed by atoms with van der Waals surface area (Å²) < 4.78 is 9.72. The first kappa shape index (κ1) is 16.5. The van der Waals surface area contributed by atoms with Gasteiger partial charge in [-0.25, -0.2) is 4.79 Å². The molecule has 1 rings (SSSR count). The number of likely N-dealkylation sites (tertiary alicyclic amines) is 1. The van der Waals surface area contributed by atoms with E-state index in [2.05, 4.69) is 4.74 Å². The van der Waals surface area contributed by atoms with Crippen molar-refractivity contribution in [1.82, 2.24) is 4.90 Å². The topological polar surface area (TPSA) is 72.9 Å². The van der Waals surface area contributed by atoms with Crippen LogP contribution >= 0.6 is 0 Å². The van der Waals surface area contributed by atoms with Crippen molar-refractivity contribution in [3.8, 4) is 0 Å². The summed E-state index contributed by atoms with van der Waals surface area (Å²) in [5.74, 6) is -1.53. The number of nitrogens with zero attached hydrogens (tertiary/aromatic N) is 1. The maximum atomic E-state index is 12.0. The Morgan fingerprint density at radius 2 is 1.90 bits per heavy atom. The Kier molecular flexibility index (Phi) is 5.98. The van der Waals surface area contributed by atoms with Gasteiger partial charge in [-0.3, -0.25) is 9.59 Å². The highest BCUT2D eigenvalue weighted by molar-refractivity contribution is 5.98. The Hall–Kier alpha value is -1.59. The first-order chi connectivity index (χ1) is 9.36. The Morgan fingerprint density at radius 3 is 2.45 bits per heavy atom. The third-order valence-corrected chi connectivity index (χ3v) is 3.42. The first-order valence-corrected chi connectivity index (χ1v) is 6.94. The molecule has 1 aliphatic rings. The van der Waals surface area contributed by atoms with Crippen LogP contribution in [0, 0.1) is 5.92 Å². The molecule has 0 bridgehead atoms. The molecule has 0 saturated carbocycles. The summed E-state index contributed by atoms with van der Waals surface area (Å²) in [7, 11) is 1.26. The fraction of sp³-hybridized carbons (Fsp3) is 0.786. The van der Waals surface area contributed by atoms with Crippen LogP contribution < -0.4 is 0 Å². The number of hydrogen-bond donors (Lipinski definition) is 0. The van der Waals surface area contributed by atoms with Gasteiger partial charge in [0.05, 0.1) is 13.2 Å². The van der Waals surface area contributed by atoms with E-state index in [-0.39, 0.29) is 30.4 Å². The number of carbonyl (C=O) groups excluding carboxylic acids is 3. The number of methoxy groups -OCH3 is 1. The van der Waals surface area contributed by atoms with Gasteiger partial charge in [0.1, 0.15) is 11.7 Å². The molecular formula is C14H23NO5. The lowest BCUT2D eigenvalue weighted by Crippen LogP contribution is -2.39. The van der Waals surface area contributed by atoms with Crippen LogP contribution in [0.25, 0.3) is 0 Å². The van der Waals surface area contributed by atoms with Crippen molar-refractivity contribution in [2.24, 2.45) is 5.92 Å². The van der Waals surface area contributed by atoms with Crippen LogP contribution in [-0.4, -0.2) is 48.5 Å². The highest BCUT2D eigenvalue weighted by Gasteiger charge is 2.34. The van der Waals surface area contributed by atoms with Crippen LogP contribution in [0.3, 0.4) is 0 Å². The van der Waals surface area contributed by atoms with Crippen LogP contribution in [0.1, 0.15) is 40.0 Å². The van der Waals surface area contributed by atoms with E-state index in [9.17, 15) is 14.4 Å². The van der Waals surface area contributed by atoms with Crippen molar-refractivity contribution in [2.45, 2.75) is 52.2 Å². The average Bonchev–Trinajstić information content (AvgIpc) is 2.84. The molecule has 1 aliphatic heterocycles. The third kappa shape index (κ3) is 4.21. The van der Waals surface area contributed by atoms with Crippen LogP contribution in [0.4, 0.5) is 4.79 Å². The molecule has 0 spiro atoms. The Bertz CT molecular complexity index is 380. The number of Topliss-reactive ketones (excluding diaryl/α,β-unsaturated/α-hetero) is 1. The zero-order valence-corrected chi connectivity index (χ0v) is 12.5. The molecule has 0 N–H and O–H groups in total. The molecule has 0 radical (unpaired) electrons. The fourth-order valence-electron chi connectivity index (χ4n) is 2.27. The number of amides is 1. The van der Waals surface area contributed by atoms with E-state index in [0.717, 1.165) is 12.8 Å². The van der Waals surface area contributed by atoms with Crippen molar-refractivity contribution in [1.29, 1.82) is 0 Å². The predicted molar refractivity (Wildman–Crippen MR) is 72.1 cm³/mol. The number of hydrogen-bond acceptors (Lipinski definition) is 5. The molecule has 1 amide bonds. The fourth-order valence-corrected chi connectivity index (χ4v) is 2.27. The minimum atomic E-state index is -0.788. The van der Waals surface area contributed by atoms with Gasteiger partial charge >= 0.3 is 12.1 Å². The smallest absolute Gasteiger partial charge is 0.410 e. The summed E-state index contributed by atoms with van der Waals surface area (Å²) in [4.78, 5) is 36.8. The highest BCUT2D eigenvalue weighted by atomic mass is 16.6. The van der Waals surface area contributed by atoms with Gasteiger partial charge in [0.25, 0.3) is 0 Å². The lowest BCUT2D eigenvalue weighted by atomic mass is 9.99. The maximum Gasteiger partial charge on any atom is 0.410 e. The molecule has 6 heteroatoms. The summed E-state index contributed by atoms with van der Waals surface area (Å²) in [5.41, 5.74) is 0. The molecule has 1 fully saturated rings. The van der Waals surface area contributed by atoms with E-state index in [1.807, 2.05) is 0 Å². The van der Waals surface area contributed by atoms with E-state index < -0.39 is 11.9 Å². The van der Waals surface area contributed by atoms with E-state index >= 15 is 0 Å². The molecule has 0 aliphatic carbocycles. The van der Waals surface area contributed by atoms with Gasteiger partial charge in [0, 0.05) is 19.0 Å². The lowest BCUT2D eigenvalue weighted by Gasteiger charge is -2.25. The Labute approximate surface area is 119 Å². The number of esters is 1. The van der Waals surface area contributed by atoms with Gasteiger partial charge in [-0.1, -0.05) is 0 Å². The number of ether oxygens (including phenoxy) is 2. The molecule has 114 valence electrons. The van der Waals surface area contributed by atoms with Crippen molar-refractivity contribution < 1.29 is 23.9 Å². The summed E-state index contributed by atoms with van der Waals surface area (Å²) in [5, 5.41) is 0. The largest absolute Gasteiger partial charge is 0.468 e. The van der Waals surface area contributed by atoms with E-state index in [4.69, 9.17) is 4.74 Å². The first-order valence-electron chi connectivity index (χ1n) is 6.94. The number of carbonyl (C=O) groups is 3. The van der Waals surface area contributed by atoms with E-state index in [0.29, 0.717) is 6.54 Å². The molecule has 6 nitrogen and oxygen atoms in total. The average molecular weight is 285 g/mol. The second kappa shape index (κ2) is 7.26. The predicted octanol–water partition coefficient (Wildman–Crippen LogP) is 1.76. The number of rotatable bonds is 5. The van der Waals surface area contributed by atoms with Crippen LogP contribution in [0.5, 0.6) is 0 Å². The summed E-state index contributed by atoms with van der Waals surface area (Å²) in [6.45, 7) is 5.69. The van der Waals surface area contributed by atoms with Gasteiger partial charge in [-0.15, -0.1) is 0 Å². The second-order valence-electron chi connectivity index (χ2n) is 5.34. The standard InChI is InChI=1S/C14H23NO5/c1-9(2)20-14(18)15-7-5-6-11(15)8-12(16)10(3)13(17)19-4/h9-11H,5-8H2,1-4H3. The summed E-state index contributed by atoms with van der Waals surface area (Å²) in [6, 6.07) is -0.180. The SMILES string of the molecule is COC(=O)C(C)C(=O)CC1CCCN1C(=O)OC(C)C. The van der Waals surface area contributed by atoms with Crippen LogP contribution in [0.15, 0.2) is 0 Å². The van der Waals surface area contributed by atoms with Crippen molar-refractivity contribution in [3.05, 3.63) is 0 Å². The van der Waals surface area contributed by atoms with E-state index in [1.54, 1.807) is 18.7 Å². The quantitative estimate of drug-likeness (QED) is 0.568. The second-order valence-corrected chi connectivity index (χ2v) is 5.34. The minimum Gasteiger partial charge on any atom is -0.468 e. The Balaban J connectivity index is 2.59. The normalized spacial score (nSPS) is 19.9. The molecule has 0 aromatic rings. The molecule has 0 aromatic carbocycles. The molecular weight excluding hydrogens is 262 g/mol. The van der Waals surface area contributed by atoms with E-state index in [1.165, 1.54) is 14.0 Å². The van der Waals surface area contributed by atoms with Gasteiger partial charge in [0.2, 0.25) is 0 Å². The molecule has 2 atom stereocenters. The van der Waals surface area contributed by atoms with Gasteiger partial charge in [-0.2, -0.15) is 0 Å². The van der Waals surface area contributed by atoms with Gasteiger partial charge in [-0.05, 0) is 33.6 Å². The van der Waals surface area contributed by atoms with Gasteiger partial charge < -0.3 is 14.4 Å². The lowest BCUT2D eigenvalue weighted by molar-refractivity contribution is -0.148.